The molecule has 0 aliphatic carbocycles. The molecule has 0 unspecified atom stereocenters. The molecule has 1 rings (SSSR count). The Morgan fingerprint density at radius 3 is 2.68 bits per heavy atom. The molecule has 0 spiro atoms. The van der Waals surface area contributed by atoms with Gasteiger partial charge in [0.25, 0.3) is 0 Å². The molecule has 0 amide bonds. The van der Waals surface area contributed by atoms with Crippen LogP contribution in [0.1, 0.15) is 52.4 Å². The Labute approximate surface area is 117 Å². The van der Waals surface area contributed by atoms with Gasteiger partial charge in [0.05, 0.1) is 12.7 Å². The van der Waals surface area contributed by atoms with Gasteiger partial charge in [-0.05, 0) is 6.42 Å². The van der Waals surface area contributed by atoms with Gasteiger partial charge in [0.2, 0.25) is 0 Å². The van der Waals surface area contributed by atoms with Crippen LogP contribution in [0.25, 0.3) is 0 Å². The summed E-state index contributed by atoms with van der Waals surface area (Å²) in [6, 6.07) is 0. The molecule has 1 N–H and O–H groups in total. The maximum atomic E-state index is 10.1. The number of unbranched alkanes of at least 4 members (excludes halogenated alkanes) is 5. The first-order valence-corrected chi connectivity index (χ1v) is 7.51. The summed E-state index contributed by atoms with van der Waals surface area (Å²) in [4.78, 5) is 0. The molecule has 0 aromatic heterocycles. The van der Waals surface area contributed by atoms with E-state index in [1.807, 2.05) is 6.92 Å². The highest BCUT2D eigenvalue weighted by atomic mass is 16.5. The average molecular weight is 268 g/mol. The van der Waals surface area contributed by atoms with Gasteiger partial charge in [-0.25, -0.2) is 0 Å². The molecule has 1 aliphatic heterocycles. The second-order valence-electron chi connectivity index (χ2n) is 5.41. The summed E-state index contributed by atoms with van der Waals surface area (Å²) in [7, 11) is 1.63. The van der Waals surface area contributed by atoms with Crippen LogP contribution in [0, 0.1) is 17.8 Å². The van der Waals surface area contributed by atoms with E-state index in [0.29, 0.717) is 6.61 Å². The Hall–Kier alpha value is -0.560. The summed E-state index contributed by atoms with van der Waals surface area (Å²) >= 11 is 0. The van der Waals surface area contributed by atoms with Gasteiger partial charge in [-0.15, -0.1) is 5.92 Å². The maximum Gasteiger partial charge on any atom is 0.146 e. The summed E-state index contributed by atoms with van der Waals surface area (Å²) in [5, 5.41) is 10.1. The highest BCUT2D eigenvalue weighted by Gasteiger charge is 2.36. The van der Waals surface area contributed by atoms with Crippen molar-refractivity contribution in [1.82, 2.24) is 0 Å². The van der Waals surface area contributed by atoms with Crippen molar-refractivity contribution in [3.63, 3.8) is 0 Å². The minimum Gasteiger partial charge on any atom is -0.387 e. The summed E-state index contributed by atoms with van der Waals surface area (Å²) in [6.07, 6.45) is 5.95. The minimum absolute atomic E-state index is 0.169. The summed E-state index contributed by atoms with van der Waals surface area (Å²) in [5.74, 6) is 6.39. The Morgan fingerprint density at radius 1 is 1.26 bits per heavy atom. The van der Waals surface area contributed by atoms with Gasteiger partial charge in [-0.3, -0.25) is 0 Å². The van der Waals surface area contributed by atoms with Gasteiger partial charge >= 0.3 is 0 Å². The van der Waals surface area contributed by atoms with Gasteiger partial charge in [0.15, 0.2) is 0 Å². The number of rotatable bonds is 6. The lowest BCUT2D eigenvalue weighted by molar-refractivity contribution is -0.152. The summed E-state index contributed by atoms with van der Waals surface area (Å²) < 4.78 is 10.9. The zero-order valence-electron chi connectivity index (χ0n) is 12.5. The molecule has 1 saturated heterocycles. The maximum absolute atomic E-state index is 10.1. The van der Waals surface area contributed by atoms with Gasteiger partial charge in [0.1, 0.15) is 12.2 Å². The molecule has 1 heterocycles. The Bertz CT molecular complexity index is 292. The second kappa shape index (κ2) is 9.36. The number of aliphatic hydroxyl groups is 1. The third kappa shape index (κ3) is 5.52. The lowest BCUT2D eigenvalue weighted by Crippen LogP contribution is -2.49. The van der Waals surface area contributed by atoms with E-state index in [9.17, 15) is 5.11 Å². The predicted molar refractivity (Wildman–Crippen MR) is 76.9 cm³/mol. The molecule has 3 heteroatoms. The molecule has 1 fully saturated rings. The molecule has 0 saturated carbocycles. The number of aliphatic hydroxyl groups excluding tert-OH is 1. The predicted octanol–water partition coefficient (Wildman–Crippen LogP) is 2.76. The van der Waals surface area contributed by atoms with Crippen molar-refractivity contribution in [1.29, 1.82) is 0 Å². The Balaban J connectivity index is 2.28. The van der Waals surface area contributed by atoms with Crippen molar-refractivity contribution in [2.75, 3.05) is 13.7 Å². The Morgan fingerprint density at radius 2 is 2.00 bits per heavy atom. The Kier molecular flexibility index (Phi) is 8.13. The van der Waals surface area contributed by atoms with Crippen LogP contribution in [0.2, 0.25) is 0 Å². The van der Waals surface area contributed by atoms with Crippen LogP contribution in [-0.2, 0) is 9.47 Å². The first-order chi connectivity index (χ1) is 9.20. The summed E-state index contributed by atoms with van der Waals surface area (Å²) in [6.45, 7) is 4.84. The monoisotopic (exact) mass is 268 g/mol. The largest absolute Gasteiger partial charge is 0.387 e. The molecule has 0 bridgehead atoms. The van der Waals surface area contributed by atoms with Crippen LogP contribution in [-0.4, -0.2) is 37.1 Å². The highest BCUT2D eigenvalue weighted by Crippen LogP contribution is 2.22. The van der Waals surface area contributed by atoms with Gasteiger partial charge < -0.3 is 14.6 Å². The lowest BCUT2D eigenvalue weighted by atomic mass is 9.93. The van der Waals surface area contributed by atoms with Gasteiger partial charge in [0, 0.05) is 19.4 Å². The first-order valence-electron chi connectivity index (χ1n) is 7.51. The van der Waals surface area contributed by atoms with Crippen molar-refractivity contribution in [3.8, 4) is 11.8 Å². The van der Waals surface area contributed by atoms with E-state index in [-0.39, 0.29) is 12.0 Å². The molecule has 1 aliphatic rings. The number of ether oxygens (including phenoxy) is 2. The number of hydrogen-bond acceptors (Lipinski definition) is 3. The van der Waals surface area contributed by atoms with Crippen LogP contribution >= 0.6 is 0 Å². The number of hydrogen-bond donors (Lipinski definition) is 1. The average Bonchev–Trinajstić information content (AvgIpc) is 2.40. The molecular formula is C16H28O3. The molecule has 4 atom stereocenters. The standard InChI is InChI=1S/C16H28O3/c1-4-5-6-7-8-9-10-11-14-15(17)16(18-3)13(2)12-19-14/h13-17H,4-9,12H2,1-3H3/t13-,14-,15-,16-/m0/s1. The highest BCUT2D eigenvalue weighted by molar-refractivity contribution is 5.10. The molecule has 0 aromatic carbocycles. The van der Waals surface area contributed by atoms with E-state index in [1.54, 1.807) is 7.11 Å². The van der Waals surface area contributed by atoms with Crippen LogP contribution in [0.4, 0.5) is 0 Å². The topological polar surface area (TPSA) is 38.7 Å². The smallest absolute Gasteiger partial charge is 0.146 e. The van der Waals surface area contributed by atoms with Crippen LogP contribution in [0.5, 0.6) is 0 Å². The fourth-order valence-corrected chi connectivity index (χ4v) is 2.45. The first kappa shape index (κ1) is 16.5. The zero-order valence-corrected chi connectivity index (χ0v) is 12.5. The van der Waals surface area contributed by atoms with E-state index in [4.69, 9.17) is 9.47 Å². The molecule has 3 nitrogen and oxygen atoms in total. The van der Waals surface area contributed by atoms with Crippen molar-refractivity contribution in [3.05, 3.63) is 0 Å². The molecule has 0 aromatic rings. The number of methoxy groups -OCH3 is 1. The van der Waals surface area contributed by atoms with Crippen LogP contribution in [0.15, 0.2) is 0 Å². The van der Waals surface area contributed by atoms with E-state index in [2.05, 4.69) is 18.8 Å². The van der Waals surface area contributed by atoms with Crippen molar-refractivity contribution in [2.45, 2.75) is 70.7 Å². The molecule has 110 valence electrons. The van der Waals surface area contributed by atoms with Crippen molar-refractivity contribution < 1.29 is 14.6 Å². The fourth-order valence-electron chi connectivity index (χ4n) is 2.45. The van der Waals surface area contributed by atoms with Crippen molar-refractivity contribution in [2.24, 2.45) is 5.92 Å². The second-order valence-corrected chi connectivity index (χ2v) is 5.41. The third-order valence-corrected chi connectivity index (χ3v) is 3.67. The molecule has 19 heavy (non-hydrogen) atoms. The van der Waals surface area contributed by atoms with Crippen molar-refractivity contribution >= 4 is 0 Å². The third-order valence-electron chi connectivity index (χ3n) is 3.67. The van der Waals surface area contributed by atoms with Crippen LogP contribution in [0.3, 0.4) is 0 Å². The van der Waals surface area contributed by atoms with E-state index < -0.39 is 12.2 Å². The molecular weight excluding hydrogens is 240 g/mol. The van der Waals surface area contributed by atoms with Gasteiger partial charge in [-0.2, -0.15) is 0 Å². The quantitative estimate of drug-likeness (QED) is 0.594. The van der Waals surface area contributed by atoms with Crippen LogP contribution < -0.4 is 0 Å². The van der Waals surface area contributed by atoms with E-state index >= 15 is 0 Å². The SMILES string of the molecule is CCCCCCCC#C[C@@H]1OC[C@H](C)[C@H](OC)[C@H]1O. The lowest BCUT2D eigenvalue weighted by Gasteiger charge is -2.35. The normalized spacial score (nSPS) is 30.7. The van der Waals surface area contributed by atoms with E-state index in [1.165, 1.54) is 25.7 Å². The minimum atomic E-state index is -0.638. The fraction of sp³-hybridized carbons (Fsp3) is 0.875. The van der Waals surface area contributed by atoms with E-state index in [0.717, 1.165) is 12.8 Å². The summed E-state index contributed by atoms with van der Waals surface area (Å²) in [5.41, 5.74) is 0. The zero-order chi connectivity index (χ0) is 14.1. The molecule has 0 radical (unpaired) electrons. The van der Waals surface area contributed by atoms with Gasteiger partial charge in [-0.1, -0.05) is 45.5 Å².